The Bertz CT molecular complexity index is 2630. The molecule has 27 heteroatoms. The number of benzene rings is 3. The molecule has 0 aromatic heterocycles. The van der Waals surface area contributed by atoms with Crippen LogP contribution in [0.1, 0.15) is 43.2 Å². The number of rotatable bonds is 31. The minimum absolute atomic E-state index is 0.134. The van der Waals surface area contributed by atoms with Crippen LogP contribution < -0.4 is 19.3 Å². The smallest absolute Gasteiger partial charge is 0.251 e. The van der Waals surface area contributed by atoms with Crippen LogP contribution in [0, 0.1) is 17.2 Å². The lowest BCUT2D eigenvalue weighted by molar-refractivity contribution is -0.142. The number of aliphatic hydroxyl groups excluding tert-OH is 6. The van der Waals surface area contributed by atoms with Crippen molar-refractivity contribution in [3.8, 4) is 17.6 Å². The zero-order valence-electron chi connectivity index (χ0n) is 62.8. The van der Waals surface area contributed by atoms with E-state index in [1.165, 1.54) is 31.2 Å². The summed E-state index contributed by atoms with van der Waals surface area (Å²) in [4.78, 5) is 32.0. The SMILES string of the molecule is COCC(O)CN1CCC(Cc2ccccc2)CC1.COCC(O)CN1CCC1.COCC(O)CN1CCN(C(=O)C2CCCO2)CC1.COCC(O)CN1CCN(c2ccc(OC)cc2OC)CC1.COCC(O)CN1CCN(c2ccccc2C#N)CC1.COCC(O)CN1CCOCC1. The summed E-state index contributed by atoms with van der Waals surface area (Å²) in [5, 5.41) is 66.7. The largest absolute Gasteiger partial charge is 0.497 e. The molecule has 102 heavy (non-hydrogen) atoms. The van der Waals surface area contributed by atoms with Gasteiger partial charge >= 0.3 is 0 Å². The van der Waals surface area contributed by atoms with Gasteiger partial charge in [-0.1, -0.05) is 42.5 Å². The van der Waals surface area contributed by atoms with Gasteiger partial charge in [0.1, 0.15) is 23.7 Å². The van der Waals surface area contributed by atoms with Gasteiger partial charge in [0.2, 0.25) is 0 Å². The first-order valence-electron chi connectivity index (χ1n) is 36.6. The van der Waals surface area contributed by atoms with Crippen molar-refractivity contribution in [2.24, 2.45) is 5.92 Å². The number of piperazine rings is 3. The summed E-state index contributed by atoms with van der Waals surface area (Å²) in [5.74, 6) is 2.54. The molecule has 7 atom stereocenters. The number of morpholine rings is 1. The minimum Gasteiger partial charge on any atom is -0.497 e. The molecule has 3 aromatic rings. The predicted molar refractivity (Wildman–Crippen MR) is 395 cm³/mol. The number of methoxy groups -OCH3 is 8. The van der Waals surface area contributed by atoms with Crippen molar-refractivity contribution in [1.82, 2.24) is 34.3 Å². The van der Waals surface area contributed by atoms with Gasteiger partial charge in [0, 0.05) is 186 Å². The highest BCUT2D eigenvalue weighted by atomic mass is 16.5. The van der Waals surface area contributed by atoms with E-state index in [1.54, 1.807) is 56.9 Å². The van der Waals surface area contributed by atoms with E-state index in [1.807, 2.05) is 47.4 Å². The fourth-order valence-electron chi connectivity index (χ4n) is 13.3. The number of piperidine rings is 1. The maximum atomic E-state index is 12.1. The number of hydrogen-bond acceptors (Lipinski definition) is 26. The predicted octanol–water partition coefficient (Wildman–Crippen LogP) is 1.81. The Morgan fingerprint density at radius 3 is 1.26 bits per heavy atom. The first-order valence-corrected chi connectivity index (χ1v) is 36.6. The minimum atomic E-state index is -0.453. The highest BCUT2D eigenvalue weighted by Crippen LogP contribution is 2.33. The maximum Gasteiger partial charge on any atom is 0.251 e. The summed E-state index contributed by atoms with van der Waals surface area (Å²) < 4.78 is 50.8. The molecule has 7 aliphatic heterocycles. The van der Waals surface area contributed by atoms with Crippen LogP contribution in [0.5, 0.6) is 11.5 Å². The Hall–Kier alpha value is -4.98. The summed E-state index contributed by atoms with van der Waals surface area (Å²) in [6.07, 6.45) is 4.22. The molecule has 7 saturated heterocycles. The Labute approximate surface area is 609 Å². The molecule has 7 heterocycles. The molecular formula is C75H128N10O17. The van der Waals surface area contributed by atoms with E-state index in [9.17, 15) is 35.4 Å². The summed E-state index contributed by atoms with van der Waals surface area (Å²) in [6.45, 7) is 25.3. The Balaban J connectivity index is 0.000000224. The van der Waals surface area contributed by atoms with Crippen molar-refractivity contribution >= 4 is 17.3 Å². The average molecular weight is 1440 g/mol. The standard InChI is InChI=1S/C16H26N2O4.C16H25NO2.C15H21N3O2.C13H24N2O4.C8H17NO3.C7H15NO2/c1-20-12-13(19)11-17-6-8-18(9-7-17)15-5-4-14(21-2)10-16(15)22-3;1-19-13-16(18)12-17-9-7-15(8-10-17)11-14-5-3-2-4-6-14;1-20-12-14(19)11-17-6-8-18(9-7-17)15-5-3-2-4-13(15)10-16;1-18-10-11(16)9-14-4-6-15(7-5-14)13(17)12-3-2-8-19-12;1-11-7-8(10)6-9-2-4-12-5-3-9;1-10-6-7(9)5-8-3-2-4-8/h4-5,10,13,19H,6-9,11-12H2,1-3H3;2-6,15-16,18H,7-13H2,1H3;2-5,14,19H,6-9,11-12H2,1H3;11-12,16H,2-10H2,1H3;8,10H,2-7H2,1H3;7,9H,2-6H2,1H3. The van der Waals surface area contributed by atoms with E-state index >= 15 is 0 Å². The van der Waals surface area contributed by atoms with Crippen molar-refractivity contribution in [2.45, 2.75) is 81.3 Å². The molecule has 3 aromatic carbocycles. The van der Waals surface area contributed by atoms with E-state index in [4.69, 9.17) is 52.6 Å². The number of para-hydroxylation sites is 1. The molecule has 0 saturated carbocycles. The number of aliphatic hydroxyl groups is 6. The second-order valence-electron chi connectivity index (χ2n) is 27.0. The Kier molecular flexibility index (Phi) is 44.8. The molecule has 0 bridgehead atoms. The number of anilines is 2. The van der Waals surface area contributed by atoms with Gasteiger partial charge < -0.3 is 103 Å². The second-order valence-corrected chi connectivity index (χ2v) is 27.0. The molecule has 7 aliphatic rings. The molecule has 7 fully saturated rings. The highest BCUT2D eigenvalue weighted by molar-refractivity contribution is 5.81. The van der Waals surface area contributed by atoms with Crippen LogP contribution in [-0.4, -0.2) is 387 Å². The van der Waals surface area contributed by atoms with Gasteiger partial charge in [-0.3, -0.25) is 24.4 Å². The number of nitrogens with zero attached hydrogens (tertiary/aromatic N) is 10. The van der Waals surface area contributed by atoms with Gasteiger partial charge in [-0.2, -0.15) is 5.26 Å². The quantitative estimate of drug-likeness (QED) is 0.0536. The van der Waals surface area contributed by atoms with E-state index in [2.05, 4.69) is 75.6 Å². The summed E-state index contributed by atoms with van der Waals surface area (Å²) in [6, 6.07) is 26.6. The molecule has 0 spiro atoms. The van der Waals surface area contributed by atoms with Crippen molar-refractivity contribution in [3.63, 3.8) is 0 Å². The molecule has 7 unspecified atom stereocenters. The van der Waals surface area contributed by atoms with Crippen LogP contribution in [0.2, 0.25) is 0 Å². The number of carbonyl (C=O) groups is 1. The van der Waals surface area contributed by atoms with Crippen LogP contribution in [0.3, 0.4) is 0 Å². The maximum absolute atomic E-state index is 12.1. The van der Waals surface area contributed by atoms with Crippen molar-refractivity contribution in [2.75, 3.05) is 283 Å². The summed E-state index contributed by atoms with van der Waals surface area (Å²) in [7, 11) is 13.0. The van der Waals surface area contributed by atoms with Gasteiger partial charge in [0.15, 0.2) is 0 Å². The van der Waals surface area contributed by atoms with Gasteiger partial charge in [-0.15, -0.1) is 0 Å². The second kappa shape index (κ2) is 52.1. The van der Waals surface area contributed by atoms with E-state index in [0.717, 1.165) is 191 Å². The Morgan fingerprint density at radius 1 is 0.451 bits per heavy atom. The molecular weight excluding hydrogens is 1310 g/mol. The topological polar surface area (TPSA) is 284 Å². The number of ether oxygens (including phenoxy) is 10. The lowest BCUT2D eigenvalue weighted by atomic mass is 9.90. The van der Waals surface area contributed by atoms with Crippen molar-refractivity contribution < 1.29 is 82.8 Å². The number of carbonyl (C=O) groups excluding carboxylic acids is 1. The van der Waals surface area contributed by atoms with Gasteiger partial charge in [0.25, 0.3) is 5.91 Å². The van der Waals surface area contributed by atoms with Gasteiger partial charge in [-0.05, 0) is 100 Å². The number of nitriles is 1. The third-order valence-corrected chi connectivity index (χ3v) is 18.8. The van der Waals surface area contributed by atoms with Crippen LogP contribution in [-0.2, 0) is 49.1 Å². The normalized spacial score (nSPS) is 20.6. The molecule has 27 nitrogen and oxygen atoms in total. The van der Waals surface area contributed by atoms with Crippen molar-refractivity contribution in [3.05, 3.63) is 83.9 Å². The number of likely N-dealkylation sites (tertiary alicyclic amines) is 2. The zero-order valence-corrected chi connectivity index (χ0v) is 62.8. The lowest BCUT2D eigenvalue weighted by Gasteiger charge is -2.37. The fraction of sp³-hybridized carbons (Fsp3) is 0.733. The van der Waals surface area contributed by atoms with Gasteiger partial charge in [-0.25, -0.2) is 0 Å². The van der Waals surface area contributed by atoms with Crippen molar-refractivity contribution in [1.29, 1.82) is 5.26 Å². The average Bonchev–Trinajstić information content (AvgIpc) is 0.887. The Morgan fingerprint density at radius 2 is 0.863 bits per heavy atom. The summed E-state index contributed by atoms with van der Waals surface area (Å²) in [5.41, 5.74) is 4.26. The molecule has 0 radical (unpaired) electrons. The van der Waals surface area contributed by atoms with E-state index in [-0.39, 0.29) is 30.3 Å². The lowest BCUT2D eigenvalue weighted by Crippen LogP contribution is -2.52. The molecule has 580 valence electrons. The van der Waals surface area contributed by atoms with Crippen LogP contribution in [0.4, 0.5) is 11.4 Å². The third kappa shape index (κ3) is 34.5. The first kappa shape index (κ1) is 87.7. The molecule has 6 N–H and O–H groups in total. The molecule has 0 aliphatic carbocycles. The number of β-amino-alcohol motifs (C(OH)–C–C–N with tert-alkyl or cyclic N) is 6. The van der Waals surface area contributed by atoms with Crippen LogP contribution in [0.15, 0.2) is 72.8 Å². The molecule has 10 rings (SSSR count). The van der Waals surface area contributed by atoms with E-state index < -0.39 is 18.3 Å². The monoisotopic (exact) mass is 1440 g/mol. The van der Waals surface area contributed by atoms with Gasteiger partial charge in [0.05, 0.1) is 121 Å². The van der Waals surface area contributed by atoms with E-state index in [0.29, 0.717) is 72.4 Å². The highest BCUT2D eigenvalue weighted by Gasteiger charge is 2.31. The zero-order chi connectivity index (χ0) is 73.7. The van der Waals surface area contributed by atoms with Crippen LogP contribution >= 0.6 is 0 Å². The fourth-order valence-corrected chi connectivity index (χ4v) is 13.3. The first-order chi connectivity index (χ1) is 49.5. The molecule has 1 amide bonds. The third-order valence-electron chi connectivity index (χ3n) is 18.8. The number of hydrogen-bond donors (Lipinski definition) is 6. The van der Waals surface area contributed by atoms with Crippen LogP contribution in [0.25, 0.3) is 0 Å². The summed E-state index contributed by atoms with van der Waals surface area (Å²) >= 11 is 0. The number of amides is 1.